The lowest BCUT2D eigenvalue weighted by molar-refractivity contribution is -0.122. The van der Waals surface area contributed by atoms with E-state index in [1.54, 1.807) is 7.11 Å². The maximum Gasteiger partial charge on any atom is 0.227 e. The van der Waals surface area contributed by atoms with Crippen LogP contribution in [-0.2, 0) is 4.79 Å². The zero-order valence-electron chi connectivity index (χ0n) is 13.4. The summed E-state index contributed by atoms with van der Waals surface area (Å²) in [6, 6.07) is 12.0. The maximum absolute atomic E-state index is 12.2. The molecular formula is C18H24N2O2. The molecule has 0 heterocycles. The highest BCUT2D eigenvalue weighted by atomic mass is 16.5. The number of rotatable bonds is 6. The van der Waals surface area contributed by atoms with Crippen LogP contribution in [0.2, 0.25) is 0 Å². The molecule has 0 bridgehead atoms. The summed E-state index contributed by atoms with van der Waals surface area (Å²) >= 11 is 0. The van der Waals surface area contributed by atoms with Gasteiger partial charge in [0.25, 0.3) is 0 Å². The highest BCUT2D eigenvalue weighted by Gasteiger charge is 2.16. The summed E-state index contributed by atoms with van der Waals surface area (Å²) in [5.41, 5.74) is 6.58. The van der Waals surface area contributed by atoms with E-state index >= 15 is 0 Å². The number of carbonyl (C=O) groups is 1. The molecule has 2 aromatic rings. The van der Waals surface area contributed by atoms with Crippen molar-refractivity contribution in [3.8, 4) is 5.75 Å². The van der Waals surface area contributed by atoms with Crippen molar-refractivity contribution in [2.75, 3.05) is 20.2 Å². The van der Waals surface area contributed by atoms with Crippen LogP contribution in [0.25, 0.3) is 10.8 Å². The van der Waals surface area contributed by atoms with Gasteiger partial charge >= 0.3 is 0 Å². The predicted octanol–water partition coefficient (Wildman–Crippen LogP) is 2.66. The van der Waals surface area contributed by atoms with Crippen molar-refractivity contribution in [2.45, 2.75) is 19.8 Å². The summed E-state index contributed by atoms with van der Waals surface area (Å²) < 4.78 is 5.23. The number of methoxy groups -OCH3 is 1. The van der Waals surface area contributed by atoms with Crippen LogP contribution in [0.1, 0.15) is 25.3 Å². The minimum absolute atomic E-state index is 0.0353. The number of hydrogen-bond acceptors (Lipinski definition) is 3. The second-order valence-electron chi connectivity index (χ2n) is 5.78. The Morgan fingerprint density at radius 3 is 2.55 bits per heavy atom. The molecule has 1 amide bonds. The molecule has 4 heteroatoms. The average Bonchev–Trinajstić information content (AvgIpc) is 2.57. The quantitative estimate of drug-likeness (QED) is 0.862. The van der Waals surface area contributed by atoms with Crippen molar-refractivity contribution < 1.29 is 9.53 Å². The van der Waals surface area contributed by atoms with Gasteiger partial charge in [-0.3, -0.25) is 4.79 Å². The lowest BCUT2D eigenvalue weighted by Gasteiger charge is -2.15. The molecule has 2 atom stereocenters. The minimum atomic E-state index is -0.184. The Kier molecular flexibility index (Phi) is 5.39. The zero-order valence-corrected chi connectivity index (χ0v) is 13.4. The van der Waals surface area contributed by atoms with Gasteiger partial charge in [-0.1, -0.05) is 31.2 Å². The predicted molar refractivity (Wildman–Crippen MR) is 90.1 cm³/mol. The Morgan fingerprint density at radius 2 is 1.86 bits per heavy atom. The van der Waals surface area contributed by atoms with E-state index in [0.717, 1.165) is 22.1 Å². The number of nitrogens with one attached hydrogen (secondary N) is 1. The second-order valence-corrected chi connectivity index (χ2v) is 5.78. The Bertz CT molecular complexity index is 655. The molecule has 2 unspecified atom stereocenters. The number of nitrogens with two attached hydrogens (primary N) is 1. The Labute approximate surface area is 131 Å². The van der Waals surface area contributed by atoms with Gasteiger partial charge in [0.05, 0.1) is 13.0 Å². The van der Waals surface area contributed by atoms with Crippen molar-refractivity contribution in [2.24, 2.45) is 11.7 Å². The molecule has 0 spiro atoms. The van der Waals surface area contributed by atoms with E-state index < -0.39 is 0 Å². The number of ether oxygens (including phenoxy) is 1. The van der Waals surface area contributed by atoms with E-state index in [4.69, 9.17) is 10.5 Å². The fourth-order valence-electron chi connectivity index (χ4n) is 2.30. The van der Waals surface area contributed by atoms with Crippen LogP contribution in [0.15, 0.2) is 36.4 Å². The van der Waals surface area contributed by atoms with Gasteiger partial charge in [-0.05, 0) is 47.9 Å². The van der Waals surface area contributed by atoms with Gasteiger partial charge in [0.2, 0.25) is 5.91 Å². The standard InChI is InChI=1S/C18H24N2O2/c1-12(10-19)11-20-18(21)13(2)14-4-5-16-9-17(22-3)7-6-15(16)8-14/h4-9,12-13H,10-11,19H2,1-3H3,(H,20,21). The van der Waals surface area contributed by atoms with E-state index in [2.05, 4.69) is 11.4 Å². The highest BCUT2D eigenvalue weighted by Crippen LogP contribution is 2.25. The Morgan fingerprint density at radius 1 is 1.18 bits per heavy atom. The first-order chi connectivity index (χ1) is 10.5. The van der Waals surface area contributed by atoms with Crippen molar-refractivity contribution in [1.29, 1.82) is 0 Å². The van der Waals surface area contributed by atoms with E-state index in [9.17, 15) is 4.79 Å². The normalized spacial score (nSPS) is 13.6. The van der Waals surface area contributed by atoms with Crippen LogP contribution >= 0.6 is 0 Å². The summed E-state index contributed by atoms with van der Waals surface area (Å²) in [7, 11) is 1.66. The van der Waals surface area contributed by atoms with Crippen molar-refractivity contribution in [1.82, 2.24) is 5.32 Å². The van der Waals surface area contributed by atoms with Gasteiger partial charge in [-0.2, -0.15) is 0 Å². The molecule has 22 heavy (non-hydrogen) atoms. The molecule has 0 fully saturated rings. The lowest BCUT2D eigenvalue weighted by atomic mass is 9.97. The summed E-state index contributed by atoms with van der Waals surface area (Å²) in [5, 5.41) is 5.17. The molecule has 0 aliphatic rings. The van der Waals surface area contributed by atoms with Crippen LogP contribution in [0.5, 0.6) is 5.75 Å². The lowest BCUT2D eigenvalue weighted by Crippen LogP contribution is -2.33. The minimum Gasteiger partial charge on any atom is -0.497 e. The van der Waals surface area contributed by atoms with Gasteiger partial charge in [0.1, 0.15) is 5.75 Å². The highest BCUT2D eigenvalue weighted by molar-refractivity contribution is 5.88. The topological polar surface area (TPSA) is 64.3 Å². The fraction of sp³-hybridized carbons (Fsp3) is 0.389. The SMILES string of the molecule is COc1ccc2cc(C(C)C(=O)NCC(C)CN)ccc2c1. The van der Waals surface area contributed by atoms with Gasteiger partial charge in [0.15, 0.2) is 0 Å². The molecule has 118 valence electrons. The molecule has 0 saturated heterocycles. The number of hydrogen-bond donors (Lipinski definition) is 2. The van der Waals surface area contributed by atoms with Crippen molar-refractivity contribution in [3.63, 3.8) is 0 Å². The fourth-order valence-corrected chi connectivity index (χ4v) is 2.30. The molecule has 2 rings (SSSR count). The van der Waals surface area contributed by atoms with E-state index in [1.807, 2.05) is 44.2 Å². The van der Waals surface area contributed by atoms with Crippen molar-refractivity contribution in [3.05, 3.63) is 42.0 Å². The Balaban J connectivity index is 2.14. The molecular weight excluding hydrogens is 276 g/mol. The first-order valence-corrected chi connectivity index (χ1v) is 7.60. The van der Waals surface area contributed by atoms with Gasteiger partial charge < -0.3 is 15.8 Å². The van der Waals surface area contributed by atoms with Crippen LogP contribution in [-0.4, -0.2) is 26.1 Å². The van der Waals surface area contributed by atoms with Gasteiger partial charge in [0, 0.05) is 6.54 Å². The van der Waals surface area contributed by atoms with Crippen LogP contribution in [0, 0.1) is 5.92 Å². The smallest absolute Gasteiger partial charge is 0.227 e. The van der Waals surface area contributed by atoms with Gasteiger partial charge in [-0.25, -0.2) is 0 Å². The summed E-state index contributed by atoms with van der Waals surface area (Å²) in [5.74, 6) is 0.978. The second kappa shape index (κ2) is 7.27. The number of amides is 1. The molecule has 0 aliphatic carbocycles. The number of fused-ring (bicyclic) bond motifs is 1. The number of benzene rings is 2. The summed E-state index contributed by atoms with van der Waals surface area (Å²) in [6.07, 6.45) is 0. The van der Waals surface area contributed by atoms with Crippen LogP contribution in [0.4, 0.5) is 0 Å². The maximum atomic E-state index is 12.2. The van der Waals surface area contributed by atoms with E-state index in [1.165, 1.54) is 0 Å². The monoisotopic (exact) mass is 300 g/mol. The summed E-state index contributed by atoms with van der Waals surface area (Å²) in [6.45, 7) is 5.14. The summed E-state index contributed by atoms with van der Waals surface area (Å²) in [4.78, 5) is 12.2. The molecule has 0 radical (unpaired) electrons. The molecule has 0 saturated carbocycles. The van der Waals surface area contributed by atoms with E-state index in [-0.39, 0.29) is 11.8 Å². The average molecular weight is 300 g/mol. The van der Waals surface area contributed by atoms with Crippen LogP contribution < -0.4 is 15.8 Å². The molecule has 2 aromatic carbocycles. The third-order valence-corrected chi connectivity index (χ3v) is 3.99. The molecule has 3 N–H and O–H groups in total. The van der Waals surface area contributed by atoms with Gasteiger partial charge in [-0.15, -0.1) is 0 Å². The Hall–Kier alpha value is -2.07. The first kappa shape index (κ1) is 16.3. The third-order valence-electron chi connectivity index (χ3n) is 3.99. The first-order valence-electron chi connectivity index (χ1n) is 7.60. The molecule has 4 nitrogen and oxygen atoms in total. The number of carbonyl (C=O) groups excluding carboxylic acids is 1. The largest absolute Gasteiger partial charge is 0.497 e. The zero-order chi connectivity index (χ0) is 16.1. The molecule has 0 aliphatic heterocycles. The third kappa shape index (κ3) is 3.77. The molecule has 0 aromatic heterocycles. The van der Waals surface area contributed by atoms with Crippen LogP contribution in [0.3, 0.4) is 0 Å². The van der Waals surface area contributed by atoms with Crippen molar-refractivity contribution >= 4 is 16.7 Å². The van der Waals surface area contributed by atoms with E-state index in [0.29, 0.717) is 19.0 Å².